The molecule has 0 radical (unpaired) electrons. The van der Waals surface area contributed by atoms with Gasteiger partial charge in [0.15, 0.2) is 0 Å². The maximum Gasteiger partial charge on any atom is 0.101 e. The van der Waals surface area contributed by atoms with E-state index in [0.717, 1.165) is 17.5 Å². The Kier molecular flexibility index (Phi) is 2.38. The fourth-order valence-electron chi connectivity index (χ4n) is 0.834. The van der Waals surface area contributed by atoms with Gasteiger partial charge in [0, 0.05) is 12.4 Å². The van der Waals surface area contributed by atoms with Gasteiger partial charge in [-0.25, -0.2) is 0 Å². The molecule has 0 saturated heterocycles. The summed E-state index contributed by atoms with van der Waals surface area (Å²) >= 11 is 0. The normalized spacial score (nSPS) is 11.7. The average molecular weight is 160 g/mol. The lowest BCUT2D eigenvalue weighted by Crippen LogP contribution is -1.87. The summed E-state index contributed by atoms with van der Waals surface area (Å²) in [6.07, 6.45) is 2.65. The molecule has 2 N–H and O–H groups in total. The van der Waals surface area contributed by atoms with E-state index in [9.17, 15) is 0 Å². The van der Waals surface area contributed by atoms with Crippen molar-refractivity contribution in [2.24, 2.45) is 0 Å². The van der Waals surface area contributed by atoms with Gasteiger partial charge in [-0.3, -0.25) is 5.10 Å². The molecule has 0 unspecified atom stereocenters. The van der Waals surface area contributed by atoms with E-state index in [-0.39, 0.29) is 0 Å². The Morgan fingerprint density at radius 3 is 3.00 bits per heavy atom. The van der Waals surface area contributed by atoms with Crippen LogP contribution >= 0.6 is 0 Å². The number of aromatic amines is 1. The molecular weight excluding hydrogens is 152 g/mol. The van der Waals surface area contributed by atoms with Crippen molar-refractivity contribution in [3.05, 3.63) is 23.5 Å². The molecule has 0 aliphatic rings. The number of hydrogen-bond donors (Lipinski definition) is 2. The van der Waals surface area contributed by atoms with Crippen LogP contribution in [0.3, 0.4) is 0 Å². The number of nitrogens with zero attached hydrogens (tertiary/aromatic N) is 2. The largest absolute Gasteiger partial charge is 0.307 e. The zero-order valence-electron chi connectivity index (χ0n) is 6.63. The van der Waals surface area contributed by atoms with E-state index in [1.807, 2.05) is 6.07 Å². The fourth-order valence-corrected chi connectivity index (χ4v) is 0.834. The van der Waals surface area contributed by atoms with Crippen LogP contribution in [0.15, 0.2) is 17.8 Å². The van der Waals surface area contributed by atoms with Crippen molar-refractivity contribution < 1.29 is 0 Å². The van der Waals surface area contributed by atoms with E-state index in [2.05, 4.69) is 10.2 Å². The maximum atomic E-state index is 8.60. The summed E-state index contributed by atoms with van der Waals surface area (Å²) in [5.74, 6) is 0. The molecule has 0 atom stereocenters. The Bertz CT molecular complexity index is 340. The molecule has 0 aliphatic carbocycles. The van der Waals surface area contributed by atoms with Crippen LogP contribution in [0.4, 0.5) is 0 Å². The molecule has 0 saturated carbocycles. The zero-order chi connectivity index (χ0) is 8.97. The molecule has 0 fully saturated rings. The van der Waals surface area contributed by atoms with Crippen LogP contribution in [-0.2, 0) is 0 Å². The van der Waals surface area contributed by atoms with Crippen molar-refractivity contribution in [3.8, 4) is 6.07 Å². The van der Waals surface area contributed by atoms with Crippen LogP contribution in [0.1, 0.15) is 12.6 Å². The van der Waals surface area contributed by atoms with E-state index < -0.39 is 0 Å². The second-order valence-electron chi connectivity index (χ2n) is 2.27. The number of nitrogens with one attached hydrogen (secondary N) is 2. The molecule has 1 rings (SSSR count). The first-order valence-electron chi connectivity index (χ1n) is 3.40. The highest BCUT2D eigenvalue weighted by Crippen LogP contribution is 2.12. The first-order valence-corrected chi connectivity index (χ1v) is 3.40. The van der Waals surface area contributed by atoms with Gasteiger partial charge < -0.3 is 5.41 Å². The number of nitriles is 1. The molecule has 0 aromatic carbocycles. The Hall–Kier alpha value is -1.89. The highest BCUT2D eigenvalue weighted by Gasteiger charge is 2.01. The van der Waals surface area contributed by atoms with Crippen LogP contribution < -0.4 is 0 Å². The Morgan fingerprint density at radius 1 is 1.83 bits per heavy atom. The van der Waals surface area contributed by atoms with Gasteiger partial charge in [-0.1, -0.05) is 0 Å². The van der Waals surface area contributed by atoms with Gasteiger partial charge >= 0.3 is 0 Å². The molecule has 0 aliphatic heterocycles. The molecule has 0 bridgehead atoms. The van der Waals surface area contributed by atoms with Crippen LogP contribution in [0, 0.1) is 16.7 Å². The predicted molar refractivity (Wildman–Crippen MR) is 45.6 cm³/mol. The van der Waals surface area contributed by atoms with Crippen LogP contribution in [-0.4, -0.2) is 16.4 Å². The van der Waals surface area contributed by atoms with Crippen molar-refractivity contribution in [2.45, 2.75) is 6.92 Å². The summed E-state index contributed by atoms with van der Waals surface area (Å²) in [4.78, 5) is 0. The molecule has 1 aromatic rings. The van der Waals surface area contributed by atoms with Gasteiger partial charge in [-0.2, -0.15) is 10.4 Å². The minimum Gasteiger partial charge on any atom is -0.307 e. The first-order chi connectivity index (χ1) is 5.79. The summed E-state index contributed by atoms with van der Waals surface area (Å²) in [7, 11) is 0. The number of aromatic nitrogens is 2. The van der Waals surface area contributed by atoms with Crippen LogP contribution in [0.5, 0.6) is 0 Å². The van der Waals surface area contributed by atoms with Crippen molar-refractivity contribution in [2.75, 3.05) is 0 Å². The van der Waals surface area contributed by atoms with Crippen molar-refractivity contribution in [1.29, 1.82) is 10.7 Å². The summed E-state index contributed by atoms with van der Waals surface area (Å²) in [5.41, 5.74) is 1.86. The highest BCUT2D eigenvalue weighted by molar-refractivity contribution is 5.92. The first kappa shape index (κ1) is 8.21. The van der Waals surface area contributed by atoms with E-state index in [4.69, 9.17) is 10.7 Å². The molecule has 0 spiro atoms. The van der Waals surface area contributed by atoms with Crippen molar-refractivity contribution >= 4 is 11.8 Å². The lowest BCUT2D eigenvalue weighted by molar-refractivity contribution is 1.07. The molecular formula is C8H8N4. The standard InChI is InChI=1S/C8H8N4/c1-6(7(4-9)5-10)8-2-3-11-12-8/h2-4,9H,1H3,(H,11,12)/b7-6+,9-4?. The summed E-state index contributed by atoms with van der Waals surface area (Å²) < 4.78 is 0. The minimum absolute atomic E-state index is 0.347. The monoisotopic (exact) mass is 160 g/mol. The second-order valence-corrected chi connectivity index (χ2v) is 2.27. The van der Waals surface area contributed by atoms with Crippen molar-refractivity contribution in [3.63, 3.8) is 0 Å². The number of hydrogen-bond acceptors (Lipinski definition) is 3. The van der Waals surface area contributed by atoms with E-state index in [0.29, 0.717) is 5.57 Å². The number of allylic oxidation sites excluding steroid dienone is 2. The summed E-state index contributed by atoms with van der Waals surface area (Å²) in [5, 5.41) is 22.0. The lowest BCUT2D eigenvalue weighted by atomic mass is 10.1. The number of H-pyrrole nitrogens is 1. The SMILES string of the molecule is C/C(=C(\C#N)C=N)c1ccn[nH]1. The van der Waals surface area contributed by atoms with Gasteiger partial charge in [0.2, 0.25) is 0 Å². The average Bonchev–Trinajstić information content (AvgIpc) is 2.58. The molecule has 60 valence electrons. The topological polar surface area (TPSA) is 76.3 Å². The molecule has 1 aromatic heterocycles. The lowest BCUT2D eigenvalue weighted by Gasteiger charge is -1.95. The fraction of sp³-hybridized carbons (Fsp3) is 0.125. The zero-order valence-corrected chi connectivity index (χ0v) is 6.63. The van der Waals surface area contributed by atoms with Crippen molar-refractivity contribution in [1.82, 2.24) is 10.2 Å². The Labute approximate surface area is 70.0 Å². The minimum atomic E-state index is 0.347. The van der Waals surface area contributed by atoms with E-state index in [1.54, 1.807) is 19.2 Å². The van der Waals surface area contributed by atoms with Gasteiger partial charge in [-0.15, -0.1) is 0 Å². The number of rotatable bonds is 2. The molecule has 1 heterocycles. The Balaban J connectivity index is 3.13. The van der Waals surface area contributed by atoms with Gasteiger partial charge in [0.25, 0.3) is 0 Å². The third-order valence-electron chi connectivity index (χ3n) is 1.57. The molecule has 4 nitrogen and oxygen atoms in total. The third-order valence-corrected chi connectivity index (χ3v) is 1.57. The van der Waals surface area contributed by atoms with Crippen LogP contribution in [0.2, 0.25) is 0 Å². The van der Waals surface area contributed by atoms with Gasteiger partial charge in [0.05, 0.1) is 11.3 Å². The molecule has 12 heavy (non-hydrogen) atoms. The van der Waals surface area contributed by atoms with E-state index >= 15 is 0 Å². The Morgan fingerprint density at radius 2 is 2.58 bits per heavy atom. The third kappa shape index (κ3) is 1.40. The smallest absolute Gasteiger partial charge is 0.101 e. The predicted octanol–water partition coefficient (Wildman–Crippen LogP) is 1.36. The summed E-state index contributed by atoms with van der Waals surface area (Å²) in [6.45, 7) is 1.77. The van der Waals surface area contributed by atoms with Gasteiger partial charge in [-0.05, 0) is 18.6 Å². The quantitative estimate of drug-likeness (QED) is 0.506. The van der Waals surface area contributed by atoms with Gasteiger partial charge in [0.1, 0.15) is 6.07 Å². The van der Waals surface area contributed by atoms with Crippen LogP contribution in [0.25, 0.3) is 5.57 Å². The summed E-state index contributed by atoms with van der Waals surface area (Å²) in [6, 6.07) is 3.69. The highest BCUT2D eigenvalue weighted by atomic mass is 15.1. The molecule has 0 amide bonds. The van der Waals surface area contributed by atoms with E-state index in [1.165, 1.54) is 0 Å². The molecule has 4 heteroatoms. The maximum absolute atomic E-state index is 8.60. The second kappa shape index (κ2) is 3.49.